The van der Waals surface area contributed by atoms with Gasteiger partial charge >= 0.3 is 6.09 Å². The molecule has 1 heterocycles. The molecule has 1 saturated heterocycles. The first kappa shape index (κ1) is 15.2. The van der Waals surface area contributed by atoms with Crippen molar-refractivity contribution >= 4 is 12.0 Å². The smallest absolute Gasteiger partial charge is 0.404 e. The molecule has 1 aliphatic rings. The summed E-state index contributed by atoms with van der Waals surface area (Å²) < 4.78 is 5.08. The summed E-state index contributed by atoms with van der Waals surface area (Å²) in [6, 6.07) is 7.40. The van der Waals surface area contributed by atoms with Gasteiger partial charge in [0, 0.05) is 19.1 Å². The first-order valence-corrected chi connectivity index (χ1v) is 6.98. The van der Waals surface area contributed by atoms with Crippen LogP contribution < -0.4 is 10.1 Å². The van der Waals surface area contributed by atoms with Crippen molar-refractivity contribution < 1.29 is 19.4 Å². The lowest BCUT2D eigenvalue weighted by molar-refractivity contribution is -0.131. The zero-order valence-corrected chi connectivity index (χ0v) is 12.0. The molecule has 6 heteroatoms. The monoisotopic (exact) mass is 292 g/mol. The van der Waals surface area contributed by atoms with E-state index in [9.17, 15) is 9.59 Å². The summed E-state index contributed by atoms with van der Waals surface area (Å²) in [4.78, 5) is 24.6. The van der Waals surface area contributed by atoms with E-state index in [1.54, 1.807) is 12.0 Å². The van der Waals surface area contributed by atoms with Crippen LogP contribution in [0.25, 0.3) is 0 Å². The highest BCUT2D eigenvalue weighted by atomic mass is 16.5. The van der Waals surface area contributed by atoms with E-state index in [0.29, 0.717) is 32.4 Å². The van der Waals surface area contributed by atoms with Crippen LogP contribution in [0.15, 0.2) is 24.3 Å². The second-order valence-electron chi connectivity index (χ2n) is 5.13. The molecule has 6 nitrogen and oxygen atoms in total. The molecule has 0 atom stereocenters. The van der Waals surface area contributed by atoms with E-state index in [1.165, 1.54) is 0 Å². The number of nitrogens with one attached hydrogen (secondary N) is 1. The van der Waals surface area contributed by atoms with Crippen LogP contribution in [-0.2, 0) is 11.2 Å². The minimum absolute atomic E-state index is 0.0486. The average molecular weight is 292 g/mol. The average Bonchev–Trinajstić information content (AvgIpc) is 2.48. The van der Waals surface area contributed by atoms with Crippen LogP contribution in [0.3, 0.4) is 0 Å². The van der Waals surface area contributed by atoms with Crippen LogP contribution >= 0.6 is 0 Å². The Morgan fingerprint density at radius 1 is 1.29 bits per heavy atom. The SMILES string of the molecule is COc1ccc(CC(=O)N2CCC(NC(=O)O)CC2)cc1. The number of rotatable bonds is 4. The van der Waals surface area contributed by atoms with E-state index in [1.807, 2.05) is 24.3 Å². The minimum atomic E-state index is -1.00. The molecule has 0 unspecified atom stereocenters. The number of amides is 2. The second kappa shape index (κ2) is 6.97. The van der Waals surface area contributed by atoms with Crippen LogP contribution in [0.1, 0.15) is 18.4 Å². The van der Waals surface area contributed by atoms with E-state index in [4.69, 9.17) is 9.84 Å². The topological polar surface area (TPSA) is 78.9 Å². The third kappa shape index (κ3) is 4.37. The Bertz CT molecular complexity index is 493. The van der Waals surface area contributed by atoms with Crippen LogP contribution in [0.4, 0.5) is 4.79 Å². The van der Waals surface area contributed by atoms with Gasteiger partial charge in [-0.3, -0.25) is 4.79 Å². The summed E-state index contributed by atoms with van der Waals surface area (Å²) in [7, 11) is 1.61. The molecular weight excluding hydrogens is 272 g/mol. The molecule has 2 amide bonds. The number of ether oxygens (including phenoxy) is 1. The molecule has 0 radical (unpaired) electrons. The van der Waals surface area contributed by atoms with Gasteiger partial charge in [0.05, 0.1) is 13.5 Å². The van der Waals surface area contributed by atoms with Crippen molar-refractivity contribution in [2.45, 2.75) is 25.3 Å². The summed E-state index contributed by atoms with van der Waals surface area (Å²) in [5.74, 6) is 0.848. The van der Waals surface area contributed by atoms with E-state index >= 15 is 0 Å². The number of hydrogen-bond acceptors (Lipinski definition) is 3. The molecule has 2 rings (SSSR count). The lowest BCUT2D eigenvalue weighted by Gasteiger charge is -2.32. The third-order valence-electron chi connectivity index (χ3n) is 3.69. The quantitative estimate of drug-likeness (QED) is 0.881. The summed E-state index contributed by atoms with van der Waals surface area (Å²) in [6.07, 6.45) is 0.695. The van der Waals surface area contributed by atoms with Crippen molar-refractivity contribution in [2.75, 3.05) is 20.2 Å². The van der Waals surface area contributed by atoms with Gasteiger partial charge in [-0.1, -0.05) is 12.1 Å². The highest BCUT2D eigenvalue weighted by molar-refractivity contribution is 5.79. The zero-order chi connectivity index (χ0) is 15.2. The second-order valence-corrected chi connectivity index (χ2v) is 5.13. The molecule has 1 aliphatic heterocycles. The maximum absolute atomic E-state index is 12.2. The van der Waals surface area contributed by atoms with Crippen molar-refractivity contribution in [3.05, 3.63) is 29.8 Å². The van der Waals surface area contributed by atoms with Crippen LogP contribution in [-0.4, -0.2) is 48.2 Å². The molecule has 1 aromatic rings. The van der Waals surface area contributed by atoms with Gasteiger partial charge < -0.3 is 20.1 Å². The number of carboxylic acid groups (broad SMARTS) is 1. The Kier molecular flexibility index (Phi) is 5.03. The van der Waals surface area contributed by atoms with Gasteiger partial charge in [0.25, 0.3) is 0 Å². The maximum Gasteiger partial charge on any atom is 0.404 e. The molecule has 0 saturated carbocycles. The van der Waals surface area contributed by atoms with E-state index in [-0.39, 0.29) is 11.9 Å². The van der Waals surface area contributed by atoms with Crippen molar-refractivity contribution in [3.63, 3.8) is 0 Å². The van der Waals surface area contributed by atoms with Gasteiger partial charge in [0.1, 0.15) is 5.75 Å². The highest BCUT2D eigenvalue weighted by Gasteiger charge is 2.23. The normalized spacial score (nSPS) is 15.6. The highest BCUT2D eigenvalue weighted by Crippen LogP contribution is 2.15. The van der Waals surface area contributed by atoms with Gasteiger partial charge in [0.2, 0.25) is 5.91 Å². The minimum Gasteiger partial charge on any atom is -0.497 e. The van der Waals surface area contributed by atoms with Crippen molar-refractivity contribution in [2.24, 2.45) is 0 Å². The lowest BCUT2D eigenvalue weighted by atomic mass is 10.0. The summed E-state index contributed by atoms with van der Waals surface area (Å²) in [6.45, 7) is 1.19. The van der Waals surface area contributed by atoms with Crippen LogP contribution in [0.2, 0.25) is 0 Å². The number of methoxy groups -OCH3 is 1. The Hall–Kier alpha value is -2.24. The molecule has 0 bridgehead atoms. The van der Waals surface area contributed by atoms with E-state index in [0.717, 1.165) is 11.3 Å². The molecule has 2 N–H and O–H groups in total. The Morgan fingerprint density at radius 3 is 2.43 bits per heavy atom. The van der Waals surface area contributed by atoms with Gasteiger partial charge in [-0.15, -0.1) is 0 Å². The predicted molar refractivity (Wildman–Crippen MR) is 77.5 cm³/mol. The Balaban J connectivity index is 1.82. The Morgan fingerprint density at radius 2 is 1.90 bits per heavy atom. The number of carbonyl (C=O) groups excluding carboxylic acids is 1. The number of nitrogens with zero attached hydrogens (tertiary/aromatic N) is 1. The summed E-state index contributed by atoms with van der Waals surface area (Å²) in [5.41, 5.74) is 0.951. The number of likely N-dealkylation sites (tertiary alicyclic amines) is 1. The van der Waals surface area contributed by atoms with Gasteiger partial charge in [-0.05, 0) is 30.5 Å². The van der Waals surface area contributed by atoms with Gasteiger partial charge in [-0.25, -0.2) is 4.79 Å². The van der Waals surface area contributed by atoms with Gasteiger partial charge in [-0.2, -0.15) is 0 Å². The molecule has 1 fully saturated rings. The molecule has 21 heavy (non-hydrogen) atoms. The molecule has 114 valence electrons. The predicted octanol–water partition coefficient (Wildman–Crippen LogP) is 1.50. The largest absolute Gasteiger partial charge is 0.497 e. The number of carbonyl (C=O) groups is 2. The number of benzene rings is 1. The number of hydrogen-bond donors (Lipinski definition) is 2. The first-order chi connectivity index (χ1) is 10.1. The molecule has 0 spiro atoms. The Labute approximate surface area is 123 Å². The fraction of sp³-hybridized carbons (Fsp3) is 0.467. The van der Waals surface area contributed by atoms with Crippen LogP contribution in [0, 0.1) is 0 Å². The van der Waals surface area contributed by atoms with E-state index < -0.39 is 6.09 Å². The maximum atomic E-state index is 12.2. The fourth-order valence-corrected chi connectivity index (χ4v) is 2.48. The summed E-state index contributed by atoms with van der Waals surface area (Å²) >= 11 is 0. The van der Waals surface area contributed by atoms with Gasteiger partial charge in [0.15, 0.2) is 0 Å². The molecule has 0 aliphatic carbocycles. The summed E-state index contributed by atoms with van der Waals surface area (Å²) in [5, 5.41) is 11.1. The van der Waals surface area contributed by atoms with Crippen molar-refractivity contribution in [1.82, 2.24) is 10.2 Å². The zero-order valence-electron chi connectivity index (χ0n) is 12.0. The third-order valence-corrected chi connectivity index (χ3v) is 3.69. The van der Waals surface area contributed by atoms with Crippen LogP contribution in [0.5, 0.6) is 5.75 Å². The number of piperidine rings is 1. The molecular formula is C15H20N2O4. The van der Waals surface area contributed by atoms with Crippen molar-refractivity contribution in [1.29, 1.82) is 0 Å². The lowest BCUT2D eigenvalue weighted by Crippen LogP contribution is -2.46. The molecule has 0 aromatic heterocycles. The molecule has 1 aromatic carbocycles. The standard InChI is InChI=1S/C15H20N2O4/c1-21-13-4-2-11(3-5-13)10-14(18)17-8-6-12(7-9-17)16-15(19)20/h2-5,12,16H,6-10H2,1H3,(H,19,20). The van der Waals surface area contributed by atoms with E-state index in [2.05, 4.69) is 5.32 Å². The first-order valence-electron chi connectivity index (χ1n) is 6.98. The van der Waals surface area contributed by atoms with Crippen molar-refractivity contribution in [3.8, 4) is 5.75 Å². The fourth-order valence-electron chi connectivity index (χ4n) is 2.48.